The van der Waals surface area contributed by atoms with Gasteiger partial charge in [0.15, 0.2) is 0 Å². The van der Waals surface area contributed by atoms with Crippen molar-refractivity contribution in [3.63, 3.8) is 0 Å². The maximum absolute atomic E-state index is 12.8. The Labute approximate surface area is 145 Å². The monoisotopic (exact) mass is 342 g/mol. The fraction of sp³-hybridized carbons (Fsp3) is 0.474. The van der Waals surface area contributed by atoms with Crippen LogP contribution < -0.4 is 5.32 Å². The zero-order valence-corrected chi connectivity index (χ0v) is 14.7. The van der Waals surface area contributed by atoms with Gasteiger partial charge in [0.1, 0.15) is 0 Å². The second kappa shape index (κ2) is 6.20. The van der Waals surface area contributed by atoms with Crippen molar-refractivity contribution in [1.29, 1.82) is 0 Å². The van der Waals surface area contributed by atoms with Crippen LogP contribution in [-0.2, 0) is 4.79 Å². The van der Waals surface area contributed by atoms with E-state index in [4.69, 9.17) is 0 Å². The Morgan fingerprint density at radius 1 is 1.25 bits per heavy atom. The number of carbonyl (C=O) groups excluding carboxylic acids is 2. The first-order chi connectivity index (χ1) is 11.6. The minimum absolute atomic E-state index is 0.0550. The molecule has 0 spiro atoms. The van der Waals surface area contributed by atoms with Gasteiger partial charge in [0, 0.05) is 37.2 Å². The summed E-state index contributed by atoms with van der Waals surface area (Å²) in [6, 6.07) is 8.24. The average molecular weight is 342 g/mol. The van der Waals surface area contributed by atoms with Gasteiger partial charge in [0.05, 0.1) is 4.88 Å². The molecular formula is C19H22N2O2S. The smallest absolute Gasteiger partial charge is 0.261 e. The Kier molecular flexibility index (Phi) is 4.04. The molecule has 1 aliphatic heterocycles. The van der Waals surface area contributed by atoms with Crippen LogP contribution in [-0.4, -0.2) is 36.3 Å². The second-order valence-electron chi connectivity index (χ2n) is 6.95. The molecule has 1 aliphatic carbocycles. The molecule has 0 unspecified atom stereocenters. The molecule has 2 amide bonds. The lowest BCUT2D eigenvalue weighted by atomic mass is 9.95. The molecule has 4 rings (SSSR count). The van der Waals surface area contributed by atoms with Crippen molar-refractivity contribution in [3.05, 3.63) is 34.7 Å². The third kappa shape index (κ3) is 2.93. The van der Waals surface area contributed by atoms with Crippen molar-refractivity contribution in [2.75, 3.05) is 19.6 Å². The highest BCUT2D eigenvalue weighted by atomic mass is 32.1. The van der Waals surface area contributed by atoms with Crippen LogP contribution in [0, 0.1) is 5.92 Å². The number of amides is 2. The lowest BCUT2D eigenvalue weighted by Gasteiger charge is -2.15. The summed E-state index contributed by atoms with van der Waals surface area (Å²) in [4.78, 5) is 27.2. The molecule has 2 fully saturated rings. The predicted molar refractivity (Wildman–Crippen MR) is 96.5 cm³/mol. The number of carbonyl (C=O) groups is 2. The first-order valence-corrected chi connectivity index (χ1v) is 9.50. The van der Waals surface area contributed by atoms with Gasteiger partial charge in [-0.15, -0.1) is 11.3 Å². The van der Waals surface area contributed by atoms with Crippen LogP contribution in [0.25, 0.3) is 10.1 Å². The summed E-state index contributed by atoms with van der Waals surface area (Å²) < 4.78 is 1.16. The fourth-order valence-electron chi connectivity index (χ4n) is 3.56. The van der Waals surface area contributed by atoms with E-state index in [1.807, 2.05) is 17.0 Å². The van der Waals surface area contributed by atoms with Crippen LogP contribution in [0.2, 0.25) is 0 Å². The number of rotatable bonds is 4. The number of hydrogen-bond acceptors (Lipinski definition) is 3. The van der Waals surface area contributed by atoms with Gasteiger partial charge in [-0.3, -0.25) is 9.59 Å². The first kappa shape index (κ1) is 15.6. The van der Waals surface area contributed by atoms with Gasteiger partial charge >= 0.3 is 0 Å². The summed E-state index contributed by atoms with van der Waals surface area (Å²) in [6.07, 6.45) is 3.40. The van der Waals surface area contributed by atoms with Crippen LogP contribution in [0.5, 0.6) is 0 Å². The Balaban J connectivity index is 1.67. The molecule has 2 aromatic rings. The highest BCUT2D eigenvalue weighted by Gasteiger charge is 2.32. The van der Waals surface area contributed by atoms with E-state index in [9.17, 15) is 9.59 Å². The van der Waals surface area contributed by atoms with E-state index in [2.05, 4.69) is 17.4 Å². The molecule has 1 saturated heterocycles. The van der Waals surface area contributed by atoms with E-state index in [0.29, 0.717) is 5.92 Å². The van der Waals surface area contributed by atoms with E-state index >= 15 is 0 Å². The van der Waals surface area contributed by atoms with Crippen LogP contribution in [0.15, 0.2) is 24.3 Å². The Hall–Kier alpha value is -1.88. The number of likely N-dealkylation sites (tertiary alicyclic amines) is 1. The molecule has 5 heteroatoms. The Morgan fingerprint density at radius 2 is 2.04 bits per heavy atom. The quantitative estimate of drug-likeness (QED) is 0.926. The molecule has 24 heavy (non-hydrogen) atoms. The minimum Gasteiger partial charge on any atom is -0.351 e. The predicted octanol–water partition coefficient (Wildman–Crippen LogP) is 3.38. The SMILES string of the molecule is CC(=O)N1CC[C@@H](c2c(C(=O)NCC3CC3)sc3ccccc23)C1. The van der Waals surface area contributed by atoms with Crippen LogP contribution >= 0.6 is 11.3 Å². The van der Waals surface area contributed by atoms with E-state index < -0.39 is 0 Å². The number of benzene rings is 1. The van der Waals surface area contributed by atoms with E-state index in [1.165, 1.54) is 18.2 Å². The van der Waals surface area contributed by atoms with Crippen LogP contribution in [0.3, 0.4) is 0 Å². The molecule has 2 aliphatic rings. The van der Waals surface area contributed by atoms with E-state index in [-0.39, 0.29) is 17.7 Å². The number of hydrogen-bond donors (Lipinski definition) is 1. The first-order valence-electron chi connectivity index (χ1n) is 8.68. The Morgan fingerprint density at radius 3 is 2.75 bits per heavy atom. The van der Waals surface area contributed by atoms with Crippen molar-refractivity contribution < 1.29 is 9.59 Å². The topological polar surface area (TPSA) is 49.4 Å². The zero-order chi connectivity index (χ0) is 16.7. The summed E-state index contributed by atoms with van der Waals surface area (Å²) in [7, 11) is 0. The van der Waals surface area contributed by atoms with Gasteiger partial charge in [-0.2, -0.15) is 0 Å². The largest absolute Gasteiger partial charge is 0.351 e. The van der Waals surface area contributed by atoms with Gasteiger partial charge in [0.25, 0.3) is 5.91 Å². The van der Waals surface area contributed by atoms with Crippen LogP contribution in [0.4, 0.5) is 0 Å². The molecule has 1 atom stereocenters. The normalized spacial score (nSPS) is 20.5. The molecule has 1 aromatic carbocycles. The third-order valence-electron chi connectivity index (χ3n) is 5.13. The highest BCUT2D eigenvalue weighted by molar-refractivity contribution is 7.21. The number of thiophene rings is 1. The van der Waals surface area contributed by atoms with E-state index in [0.717, 1.165) is 41.2 Å². The van der Waals surface area contributed by atoms with Crippen LogP contribution in [0.1, 0.15) is 47.3 Å². The number of nitrogens with zero attached hydrogens (tertiary/aromatic N) is 1. The van der Waals surface area contributed by atoms with Crippen molar-refractivity contribution in [2.45, 2.75) is 32.1 Å². The maximum atomic E-state index is 12.8. The van der Waals surface area contributed by atoms with Crippen molar-refractivity contribution >= 4 is 33.2 Å². The summed E-state index contributed by atoms with van der Waals surface area (Å²) >= 11 is 1.59. The lowest BCUT2D eigenvalue weighted by molar-refractivity contribution is -0.127. The van der Waals surface area contributed by atoms with Gasteiger partial charge < -0.3 is 10.2 Å². The summed E-state index contributed by atoms with van der Waals surface area (Å²) in [5, 5.41) is 4.29. The maximum Gasteiger partial charge on any atom is 0.261 e. The van der Waals surface area contributed by atoms with Crippen molar-refractivity contribution in [3.8, 4) is 0 Å². The van der Waals surface area contributed by atoms with Gasteiger partial charge in [-0.05, 0) is 42.2 Å². The number of fused-ring (bicyclic) bond motifs is 1. The Bertz CT molecular complexity index is 794. The van der Waals surface area contributed by atoms with Gasteiger partial charge in [0.2, 0.25) is 5.91 Å². The molecule has 2 heterocycles. The minimum atomic E-state index is 0.0550. The van der Waals surface area contributed by atoms with Crippen molar-refractivity contribution in [1.82, 2.24) is 10.2 Å². The molecule has 1 saturated carbocycles. The highest BCUT2D eigenvalue weighted by Crippen LogP contribution is 2.40. The molecule has 1 N–H and O–H groups in total. The third-order valence-corrected chi connectivity index (χ3v) is 6.32. The van der Waals surface area contributed by atoms with Gasteiger partial charge in [-0.1, -0.05) is 18.2 Å². The van der Waals surface area contributed by atoms with E-state index in [1.54, 1.807) is 18.3 Å². The lowest BCUT2D eigenvalue weighted by Crippen LogP contribution is -2.27. The molecule has 0 radical (unpaired) electrons. The summed E-state index contributed by atoms with van der Waals surface area (Å²) in [6.45, 7) is 3.92. The number of nitrogens with one attached hydrogen (secondary N) is 1. The molecular weight excluding hydrogens is 320 g/mol. The summed E-state index contributed by atoms with van der Waals surface area (Å²) in [5.74, 6) is 1.11. The molecule has 1 aromatic heterocycles. The molecule has 0 bridgehead atoms. The van der Waals surface area contributed by atoms with Gasteiger partial charge in [-0.25, -0.2) is 0 Å². The fourth-order valence-corrected chi connectivity index (χ4v) is 4.77. The second-order valence-corrected chi connectivity index (χ2v) is 8.00. The summed E-state index contributed by atoms with van der Waals surface area (Å²) in [5.41, 5.74) is 1.15. The standard InChI is InChI=1S/C19H22N2O2S/c1-12(22)21-9-8-14(11-21)17-15-4-2-3-5-16(15)24-18(17)19(23)20-10-13-6-7-13/h2-5,13-14H,6-11H2,1H3,(H,20,23)/t14-/m1/s1. The molecule has 126 valence electrons. The molecule has 4 nitrogen and oxygen atoms in total. The van der Waals surface area contributed by atoms with Crippen molar-refractivity contribution in [2.24, 2.45) is 5.92 Å². The average Bonchev–Trinajstić information content (AvgIpc) is 3.13. The zero-order valence-electron chi connectivity index (χ0n) is 13.9.